The lowest BCUT2D eigenvalue weighted by atomic mass is 9.96. The highest BCUT2D eigenvalue weighted by Crippen LogP contribution is 2.26. The molecule has 0 spiro atoms. The first kappa shape index (κ1) is 12.3. The van der Waals surface area contributed by atoms with Crippen LogP contribution in [0.25, 0.3) is 0 Å². The average Bonchev–Trinajstić information content (AvgIpc) is 2.32. The van der Waals surface area contributed by atoms with Gasteiger partial charge in [-0.25, -0.2) is 0 Å². The van der Waals surface area contributed by atoms with E-state index in [1.807, 2.05) is 50.2 Å². The van der Waals surface area contributed by atoms with Gasteiger partial charge in [0.2, 0.25) is 0 Å². The fraction of sp³-hybridized carbons (Fsp3) is 0.200. The van der Waals surface area contributed by atoms with Gasteiger partial charge in [-0.3, -0.25) is 0 Å². The molecule has 0 aliphatic heterocycles. The van der Waals surface area contributed by atoms with E-state index in [-0.39, 0.29) is 0 Å². The molecule has 0 bridgehead atoms. The Labute approximate surface area is 110 Å². The zero-order valence-electron chi connectivity index (χ0n) is 9.94. The number of aryl methyl sites for hydroxylation is 2. The van der Waals surface area contributed by atoms with E-state index in [2.05, 4.69) is 22.0 Å². The third kappa shape index (κ3) is 2.76. The first-order chi connectivity index (χ1) is 8.08. The summed E-state index contributed by atoms with van der Waals surface area (Å²) in [7, 11) is 0. The van der Waals surface area contributed by atoms with Crippen molar-refractivity contribution in [2.75, 3.05) is 0 Å². The van der Waals surface area contributed by atoms with Gasteiger partial charge in [0.25, 0.3) is 0 Å². The number of rotatable bonds is 2. The van der Waals surface area contributed by atoms with E-state index in [0.29, 0.717) is 0 Å². The zero-order valence-corrected chi connectivity index (χ0v) is 11.5. The standard InChI is InChI=1S/C15H15BrO/c1-10-3-4-11(2)14(9-10)15(17)12-5-7-13(16)8-6-12/h3-9,15,17H,1-2H3/t15-/m0/s1. The fourth-order valence-corrected chi connectivity index (χ4v) is 2.14. The number of halogens is 1. The highest BCUT2D eigenvalue weighted by atomic mass is 79.9. The predicted octanol–water partition coefficient (Wildman–Crippen LogP) is 4.15. The number of aliphatic hydroxyl groups excluding tert-OH is 1. The maximum atomic E-state index is 10.4. The maximum absolute atomic E-state index is 10.4. The van der Waals surface area contributed by atoms with Gasteiger partial charge in [-0.15, -0.1) is 0 Å². The van der Waals surface area contributed by atoms with Crippen LogP contribution in [0.4, 0.5) is 0 Å². The summed E-state index contributed by atoms with van der Waals surface area (Å²) in [6.45, 7) is 4.06. The Hall–Kier alpha value is -1.12. The predicted molar refractivity (Wildman–Crippen MR) is 74.1 cm³/mol. The van der Waals surface area contributed by atoms with Gasteiger partial charge in [0.1, 0.15) is 6.10 Å². The molecule has 0 unspecified atom stereocenters. The summed E-state index contributed by atoms with van der Waals surface area (Å²) in [6.07, 6.45) is -0.553. The van der Waals surface area contributed by atoms with Crippen molar-refractivity contribution in [1.82, 2.24) is 0 Å². The molecule has 1 N–H and O–H groups in total. The largest absolute Gasteiger partial charge is 0.384 e. The molecule has 0 fully saturated rings. The summed E-state index contributed by atoms with van der Waals surface area (Å²) in [4.78, 5) is 0. The highest BCUT2D eigenvalue weighted by Gasteiger charge is 2.12. The second-order valence-electron chi connectivity index (χ2n) is 4.31. The molecular formula is C15H15BrO. The van der Waals surface area contributed by atoms with E-state index in [9.17, 15) is 5.11 Å². The number of hydrogen-bond acceptors (Lipinski definition) is 1. The smallest absolute Gasteiger partial charge is 0.104 e. The third-order valence-corrected chi connectivity index (χ3v) is 3.44. The van der Waals surface area contributed by atoms with Crippen LogP contribution in [-0.2, 0) is 0 Å². The molecule has 0 aromatic heterocycles. The first-order valence-electron chi connectivity index (χ1n) is 5.58. The summed E-state index contributed by atoms with van der Waals surface area (Å²) in [5, 5.41) is 10.4. The van der Waals surface area contributed by atoms with Crippen molar-refractivity contribution < 1.29 is 5.11 Å². The minimum atomic E-state index is -0.553. The SMILES string of the molecule is Cc1ccc(C)c([C@@H](O)c2ccc(Br)cc2)c1. The Morgan fingerprint density at radius 2 is 1.65 bits per heavy atom. The maximum Gasteiger partial charge on any atom is 0.104 e. The Bertz CT molecular complexity index is 517. The van der Waals surface area contributed by atoms with Gasteiger partial charge in [0.05, 0.1) is 0 Å². The van der Waals surface area contributed by atoms with Gasteiger partial charge in [-0.1, -0.05) is 51.8 Å². The summed E-state index contributed by atoms with van der Waals surface area (Å²) in [5.74, 6) is 0. The fourth-order valence-electron chi connectivity index (χ4n) is 1.88. The monoisotopic (exact) mass is 290 g/mol. The van der Waals surface area contributed by atoms with Crippen LogP contribution in [0.3, 0.4) is 0 Å². The molecule has 2 heteroatoms. The van der Waals surface area contributed by atoms with Gasteiger partial charge >= 0.3 is 0 Å². The molecule has 0 saturated carbocycles. The van der Waals surface area contributed by atoms with Crippen molar-refractivity contribution in [2.24, 2.45) is 0 Å². The molecule has 2 rings (SSSR count). The number of aliphatic hydroxyl groups is 1. The number of hydrogen-bond donors (Lipinski definition) is 1. The van der Waals surface area contributed by atoms with Crippen LogP contribution in [0.15, 0.2) is 46.9 Å². The quantitative estimate of drug-likeness (QED) is 0.881. The summed E-state index contributed by atoms with van der Waals surface area (Å²) >= 11 is 3.40. The lowest BCUT2D eigenvalue weighted by molar-refractivity contribution is 0.219. The van der Waals surface area contributed by atoms with Gasteiger partial charge < -0.3 is 5.11 Å². The van der Waals surface area contributed by atoms with E-state index >= 15 is 0 Å². The Kier molecular flexibility index (Phi) is 3.65. The van der Waals surface area contributed by atoms with Crippen LogP contribution in [-0.4, -0.2) is 5.11 Å². The molecule has 0 radical (unpaired) electrons. The van der Waals surface area contributed by atoms with Crippen LogP contribution < -0.4 is 0 Å². The topological polar surface area (TPSA) is 20.2 Å². The van der Waals surface area contributed by atoms with E-state index in [0.717, 1.165) is 21.2 Å². The van der Waals surface area contributed by atoms with Crippen molar-refractivity contribution in [2.45, 2.75) is 20.0 Å². The second-order valence-corrected chi connectivity index (χ2v) is 5.23. The van der Waals surface area contributed by atoms with E-state index in [4.69, 9.17) is 0 Å². The second kappa shape index (κ2) is 5.03. The van der Waals surface area contributed by atoms with Crippen LogP contribution >= 0.6 is 15.9 Å². The molecule has 17 heavy (non-hydrogen) atoms. The van der Waals surface area contributed by atoms with Crippen LogP contribution in [0.2, 0.25) is 0 Å². The zero-order chi connectivity index (χ0) is 12.4. The molecule has 2 aromatic carbocycles. The van der Waals surface area contributed by atoms with E-state index < -0.39 is 6.10 Å². The van der Waals surface area contributed by atoms with Crippen molar-refractivity contribution in [3.63, 3.8) is 0 Å². The van der Waals surface area contributed by atoms with Crippen molar-refractivity contribution in [3.8, 4) is 0 Å². The minimum absolute atomic E-state index is 0.553. The molecule has 0 aliphatic rings. The number of benzene rings is 2. The van der Waals surface area contributed by atoms with Crippen molar-refractivity contribution in [1.29, 1.82) is 0 Å². The summed E-state index contributed by atoms with van der Waals surface area (Å²) in [6, 6.07) is 13.9. The summed E-state index contributed by atoms with van der Waals surface area (Å²) in [5.41, 5.74) is 4.18. The molecule has 1 nitrogen and oxygen atoms in total. The Morgan fingerprint density at radius 1 is 1.00 bits per heavy atom. The lowest BCUT2D eigenvalue weighted by Gasteiger charge is -2.15. The first-order valence-corrected chi connectivity index (χ1v) is 6.38. The minimum Gasteiger partial charge on any atom is -0.384 e. The summed E-state index contributed by atoms with van der Waals surface area (Å²) < 4.78 is 1.02. The normalized spacial score (nSPS) is 12.5. The van der Waals surface area contributed by atoms with E-state index in [1.54, 1.807) is 0 Å². The van der Waals surface area contributed by atoms with Crippen molar-refractivity contribution in [3.05, 3.63) is 69.2 Å². The highest BCUT2D eigenvalue weighted by molar-refractivity contribution is 9.10. The lowest BCUT2D eigenvalue weighted by Crippen LogP contribution is -2.02. The van der Waals surface area contributed by atoms with Gasteiger partial charge in [0, 0.05) is 4.47 Å². The van der Waals surface area contributed by atoms with Gasteiger partial charge in [-0.05, 0) is 42.7 Å². The van der Waals surface area contributed by atoms with Crippen molar-refractivity contribution >= 4 is 15.9 Å². The van der Waals surface area contributed by atoms with Gasteiger partial charge in [0.15, 0.2) is 0 Å². The molecule has 88 valence electrons. The average molecular weight is 291 g/mol. The van der Waals surface area contributed by atoms with Gasteiger partial charge in [-0.2, -0.15) is 0 Å². The van der Waals surface area contributed by atoms with Crippen LogP contribution in [0, 0.1) is 13.8 Å². The molecule has 0 amide bonds. The van der Waals surface area contributed by atoms with Crippen LogP contribution in [0.1, 0.15) is 28.4 Å². The molecule has 0 aliphatic carbocycles. The molecule has 0 saturated heterocycles. The Morgan fingerprint density at radius 3 is 2.29 bits per heavy atom. The molecule has 1 atom stereocenters. The van der Waals surface area contributed by atoms with Crippen LogP contribution in [0.5, 0.6) is 0 Å². The molecule has 0 heterocycles. The molecular weight excluding hydrogens is 276 g/mol. The molecule has 2 aromatic rings. The third-order valence-electron chi connectivity index (χ3n) is 2.92. The van der Waals surface area contributed by atoms with E-state index in [1.165, 1.54) is 5.56 Å². The Balaban J connectivity index is 2.39.